The molecular formula is C40H46O5. The van der Waals surface area contributed by atoms with Gasteiger partial charge in [0.05, 0.1) is 5.57 Å². The molecule has 236 valence electrons. The maximum Gasteiger partial charge on any atom is 0.206 e. The van der Waals surface area contributed by atoms with Gasteiger partial charge in [-0.05, 0) is 86.6 Å². The van der Waals surface area contributed by atoms with Gasteiger partial charge in [-0.2, -0.15) is 0 Å². The van der Waals surface area contributed by atoms with E-state index in [1.165, 1.54) is 50.2 Å². The quantitative estimate of drug-likeness (QED) is 0.255. The first-order valence-electron chi connectivity index (χ1n) is 16.6. The molecule has 0 saturated heterocycles. The zero-order chi connectivity index (χ0) is 32.5. The van der Waals surface area contributed by atoms with Gasteiger partial charge in [-0.1, -0.05) is 100 Å². The van der Waals surface area contributed by atoms with E-state index in [0.29, 0.717) is 24.0 Å². The van der Waals surface area contributed by atoms with Crippen molar-refractivity contribution >= 4 is 17.3 Å². The number of Topliss-reactive ketones (excluding diaryl/α,β-unsaturated/α-hetero) is 3. The summed E-state index contributed by atoms with van der Waals surface area (Å²) in [4.78, 5) is 40.6. The zero-order valence-corrected chi connectivity index (χ0v) is 27.4. The predicted octanol–water partition coefficient (Wildman–Crippen LogP) is 8.31. The highest BCUT2D eigenvalue weighted by Gasteiger charge is 2.67. The third-order valence-electron chi connectivity index (χ3n) is 11.4. The number of aryl methyl sites for hydroxylation is 1. The minimum Gasteiger partial charge on any atom is -0.508 e. The van der Waals surface area contributed by atoms with Crippen molar-refractivity contribution in [2.75, 3.05) is 0 Å². The fraction of sp³-hybridized carbons (Fsp3) is 0.475. The molecule has 2 N–H and O–H groups in total. The molecule has 6 rings (SSSR count). The van der Waals surface area contributed by atoms with E-state index in [4.69, 9.17) is 0 Å². The number of hydrogen-bond acceptors (Lipinski definition) is 5. The maximum absolute atomic E-state index is 14.4. The van der Waals surface area contributed by atoms with Crippen LogP contribution in [0.2, 0.25) is 0 Å². The molecule has 0 aliphatic heterocycles. The van der Waals surface area contributed by atoms with E-state index in [9.17, 15) is 24.6 Å². The van der Waals surface area contributed by atoms with Crippen LogP contribution in [0.4, 0.5) is 0 Å². The lowest BCUT2D eigenvalue weighted by Crippen LogP contribution is -2.63. The molecule has 0 unspecified atom stereocenters. The number of aliphatic hydroxyl groups excluding tert-OH is 1. The summed E-state index contributed by atoms with van der Waals surface area (Å²) < 4.78 is 0. The summed E-state index contributed by atoms with van der Waals surface area (Å²) in [6, 6.07) is 12.6. The van der Waals surface area contributed by atoms with Gasteiger partial charge in [-0.15, -0.1) is 0 Å². The lowest BCUT2D eigenvalue weighted by atomic mass is 9.47. The molecule has 0 heterocycles. The predicted molar refractivity (Wildman–Crippen MR) is 177 cm³/mol. The second-order valence-electron chi connectivity index (χ2n) is 15.1. The molecule has 2 aromatic rings. The Bertz CT molecular complexity index is 1700. The molecule has 4 aliphatic carbocycles. The molecule has 1 fully saturated rings. The largest absolute Gasteiger partial charge is 0.508 e. The van der Waals surface area contributed by atoms with Crippen LogP contribution >= 0.6 is 0 Å². The van der Waals surface area contributed by atoms with Crippen molar-refractivity contribution in [2.24, 2.45) is 16.7 Å². The molecule has 5 nitrogen and oxygen atoms in total. The first kappa shape index (κ1) is 31.4. The van der Waals surface area contributed by atoms with Crippen molar-refractivity contribution in [3.8, 4) is 11.1 Å². The molecule has 1 saturated carbocycles. The normalized spacial score (nSPS) is 28.5. The maximum atomic E-state index is 14.4. The van der Waals surface area contributed by atoms with Crippen molar-refractivity contribution < 1.29 is 24.6 Å². The van der Waals surface area contributed by atoms with Gasteiger partial charge in [0.25, 0.3) is 0 Å². The molecule has 0 radical (unpaired) electrons. The number of benzene rings is 2. The van der Waals surface area contributed by atoms with Crippen molar-refractivity contribution in [3.63, 3.8) is 0 Å². The number of carbonyl (C=O) groups is 3. The Morgan fingerprint density at radius 2 is 1.64 bits per heavy atom. The number of rotatable bonds is 6. The van der Waals surface area contributed by atoms with Crippen LogP contribution in [0, 0.1) is 23.7 Å². The summed E-state index contributed by atoms with van der Waals surface area (Å²) in [6.45, 7) is 13.1. The van der Waals surface area contributed by atoms with E-state index < -0.39 is 33.8 Å². The average molecular weight is 607 g/mol. The Kier molecular flexibility index (Phi) is 7.71. The van der Waals surface area contributed by atoms with Gasteiger partial charge in [-0.25, -0.2) is 0 Å². The minimum atomic E-state index is -2.34. The van der Waals surface area contributed by atoms with Gasteiger partial charge in [0.1, 0.15) is 5.76 Å². The van der Waals surface area contributed by atoms with Gasteiger partial charge in [0.15, 0.2) is 17.2 Å². The van der Waals surface area contributed by atoms with E-state index in [0.717, 1.165) is 41.0 Å². The molecule has 45 heavy (non-hydrogen) atoms. The van der Waals surface area contributed by atoms with E-state index in [1.54, 1.807) is 13.8 Å². The zero-order valence-electron chi connectivity index (χ0n) is 27.4. The lowest BCUT2D eigenvalue weighted by Gasteiger charge is -2.56. The number of fused-ring (bicyclic) bond motifs is 3. The topological polar surface area (TPSA) is 91.7 Å². The van der Waals surface area contributed by atoms with E-state index in [2.05, 4.69) is 36.9 Å². The highest BCUT2D eigenvalue weighted by atomic mass is 16.3. The number of hydrogen-bond donors (Lipinski definition) is 2. The Hall–Kier alpha value is -3.57. The minimum absolute atomic E-state index is 0.0751. The number of allylic oxidation sites excluding steroid dienone is 3. The average Bonchev–Trinajstić information content (AvgIpc) is 2.96. The third-order valence-corrected chi connectivity index (χ3v) is 11.4. The monoisotopic (exact) mass is 606 g/mol. The van der Waals surface area contributed by atoms with Crippen LogP contribution in [0.3, 0.4) is 0 Å². The summed E-state index contributed by atoms with van der Waals surface area (Å²) in [5, 5.41) is 23.8. The molecule has 0 bridgehead atoms. The smallest absolute Gasteiger partial charge is 0.206 e. The van der Waals surface area contributed by atoms with Crippen molar-refractivity contribution in [3.05, 3.63) is 93.3 Å². The number of carbonyl (C=O) groups excluding carboxylic acids is 3. The first-order chi connectivity index (χ1) is 21.2. The van der Waals surface area contributed by atoms with E-state index in [-0.39, 0.29) is 23.4 Å². The Morgan fingerprint density at radius 1 is 0.978 bits per heavy atom. The van der Waals surface area contributed by atoms with Crippen molar-refractivity contribution in [1.29, 1.82) is 0 Å². The third kappa shape index (κ3) is 4.90. The van der Waals surface area contributed by atoms with Gasteiger partial charge in [0, 0.05) is 22.0 Å². The van der Waals surface area contributed by atoms with Crippen LogP contribution in [-0.2, 0) is 22.4 Å². The summed E-state index contributed by atoms with van der Waals surface area (Å²) in [5.41, 5.74) is 3.15. The molecule has 0 aromatic heterocycles. The molecule has 0 spiro atoms. The molecule has 3 atom stereocenters. The first-order valence-corrected chi connectivity index (χ1v) is 16.6. The molecule has 2 aromatic carbocycles. The SMILES string of the molecule is C=C(Cc1ccc(-c2ccc(C)c3c2C[C@]2(C)C[C@]4(C)CC(C)=C(C(C)=O)C(=O)[C@]4(O)C(O)=C2C3=O)cc1)CC1CCCCC1. The van der Waals surface area contributed by atoms with Crippen LogP contribution in [0.1, 0.15) is 106 Å². The van der Waals surface area contributed by atoms with E-state index >= 15 is 0 Å². The summed E-state index contributed by atoms with van der Waals surface area (Å²) >= 11 is 0. The second kappa shape index (κ2) is 11.0. The Balaban J connectivity index is 1.36. The van der Waals surface area contributed by atoms with Crippen molar-refractivity contribution in [1.82, 2.24) is 0 Å². The second-order valence-corrected chi connectivity index (χ2v) is 15.1. The standard InChI is InChI=1S/C40H46O5/c1-23(18-27-10-8-7-9-11-27)19-28-13-15-29(16-14-28)30-17-12-24(2)33-31(30)21-38(5)22-39(6)20-25(3)32(26(4)41)36(43)40(39,45)37(44)34(38)35(33)42/h12-17,27,44-45H,1,7-11,18-22H2,2-6H3/t38-,39+,40+/m1/s1. The summed E-state index contributed by atoms with van der Waals surface area (Å²) in [6.07, 6.45) is 9.68. The van der Waals surface area contributed by atoms with Crippen molar-refractivity contribution in [2.45, 2.75) is 104 Å². The fourth-order valence-electron chi connectivity index (χ4n) is 9.46. The van der Waals surface area contributed by atoms with Crippen LogP contribution < -0.4 is 0 Å². The lowest BCUT2D eigenvalue weighted by molar-refractivity contribution is -0.157. The number of aliphatic hydroxyl groups is 2. The van der Waals surface area contributed by atoms with E-state index in [1.807, 2.05) is 19.9 Å². The highest BCUT2D eigenvalue weighted by Crippen LogP contribution is 2.62. The van der Waals surface area contributed by atoms with Gasteiger partial charge in [0.2, 0.25) is 5.78 Å². The fourth-order valence-corrected chi connectivity index (χ4v) is 9.46. The van der Waals surface area contributed by atoms with Crippen LogP contribution in [0.5, 0.6) is 0 Å². The summed E-state index contributed by atoms with van der Waals surface area (Å²) in [7, 11) is 0. The molecule has 5 heteroatoms. The highest BCUT2D eigenvalue weighted by molar-refractivity contribution is 6.25. The van der Waals surface area contributed by atoms with Crippen LogP contribution in [0.25, 0.3) is 11.1 Å². The van der Waals surface area contributed by atoms with Crippen LogP contribution in [0.15, 0.2) is 71.0 Å². The Labute approximate surface area is 267 Å². The van der Waals surface area contributed by atoms with Crippen LogP contribution in [-0.4, -0.2) is 33.2 Å². The van der Waals surface area contributed by atoms with Gasteiger partial charge < -0.3 is 10.2 Å². The molecule has 4 aliphatic rings. The van der Waals surface area contributed by atoms with Gasteiger partial charge in [-0.3, -0.25) is 14.4 Å². The Morgan fingerprint density at radius 3 is 2.29 bits per heavy atom. The summed E-state index contributed by atoms with van der Waals surface area (Å²) in [5.74, 6) is -1.43. The molecule has 0 amide bonds. The number of ketones is 3. The molecular weight excluding hydrogens is 560 g/mol. The van der Waals surface area contributed by atoms with Gasteiger partial charge >= 0.3 is 0 Å².